The van der Waals surface area contributed by atoms with E-state index in [9.17, 15) is 5.11 Å². The SMILES string of the molecule is CC(C)CCCOCCOCCOCC(O)COC(C)C. The third kappa shape index (κ3) is 17.7. The van der Waals surface area contributed by atoms with E-state index >= 15 is 0 Å². The van der Waals surface area contributed by atoms with Crippen LogP contribution in [-0.4, -0.2) is 63.6 Å². The molecule has 21 heavy (non-hydrogen) atoms. The standard InChI is InChI=1S/C16H34O5/c1-14(2)6-5-7-18-8-9-19-10-11-20-12-16(17)13-21-15(3)4/h14-17H,5-13H2,1-4H3. The quantitative estimate of drug-likeness (QED) is 0.470. The van der Waals surface area contributed by atoms with Crippen LogP contribution in [-0.2, 0) is 18.9 Å². The van der Waals surface area contributed by atoms with E-state index in [0.29, 0.717) is 33.0 Å². The molecule has 128 valence electrons. The zero-order valence-corrected chi connectivity index (χ0v) is 14.2. The molecule has 0 aromatic rings. The molecule has 1 atom stereocenters. The van der Waals surface area contributed by atoms with Crippen molar-refractivity contribution in [3.05, 3.63) is 0 Å². The Morgan fingerprint density at radius 2 is 1.33 bits per heavy atom. The summed E-state index contributed by atoms with van der Waals surface area (Å²) in [6.45, 7) is 11.9. The van der Waals surface area contributed by atoms with Gasteiger partial charge in [-0.1, -0.05) is 13.8 Å². The molecule has 0 saturated heterocycles. The summed E-state index contributed by atoms with van der Waals surface area (Å²) in [5, 5.41) is 9.55. The van der Waals surface area contributed by atoms with Gasteiger partial charge in [0, 0.05) is 6.61 Å². The van der Waals surface area contributed by atoms with Crippen LogP contribution in [0.25, 0.3) is 0 Å². The van der Waals surface area contributed by atoms with E-state index in [1.165, 1.54) is 6.42 Å². The zero-order valence-electron chi connectivity index (χ0n) is 14.2. The fourth-order valence-electron chi connectivity index (χ4n) is 1.60. The Kier molecular flexibility index (Phi) is 14.6. The molecule has 1 N–H and O–H groups in total. The maximum absolute atomic E-state index is 9.55. The van der Waals surface area contributed by atoms with Crippen molar-refractivity contribution in [3.8, 4) is 0 Å². The van der Waals surface area contributed by atoms with Crippen molar-refractivity contribution in [3.63, 3.8) is 0 Å². The van der Waals surface area contributed by atoms with Crippen molar-refractivity contribution in [2.75, 3.05) is 46.2 Å². The van der Waals surface area contributed by atoms with Crippen LogP contribution in [0.3, 0.4) is 0 Å². The Balaban J connectivity index is 3.12. The van der Waals surface area contributed by atoms with Crippen LogP contribution in [0.1, 0.15) is 40.5 Å². The van der Waals surface area contributed by atoms with Crippen molar-refractivity contribution in [2.45, 2.75) is 52.7 Å². The van der Waals surface area contributed by atoms with Gasteiger partial charge in [0.1, 0.15) is 6.10 Å². The summed E-state index contributed by atoms with van der Waals surface area (Å²) in [5.74, 6) is 0.739. The highest BCUT2D eigenvalue weighted by Gasteiger charge is 2.05. The number of aliphatic hydroxyl groups is 1. The summed E-state index contributed by atoms with van der Waals surface area (Å²) in [4.78, 5) is 0. The third-order valence-corrected chi connectivity index (χ3v) is 2.75. The molecular formula is C16H34O5. The van der Waals surface area contributed by atoms with Crippen LogP contribution in [0, 0.1) is 5.92 Å². The zero-order chi connectivity index (χ0) is 15.9. The van der Waals surface area contributed by atoms with Crippen molar-refractivity contribution in [1.82, 2.24) is 0 Å². The van der Waals surface area contributed by atoms with Gasteiger partial charge >= 0.3 is 0 Å². The van der Waals surface area contributed by atoms with Crippen LogP contribution >= 0.6 is 0 Å². The summed E-state index contributed by atoms with van der Waals surface area (Å²) in [6, 6.07) is 0. The Morgan fingerprint density at radius 1 is 0.762 bits per heavy atom. The van der Waals surface area contributed by atoms with Crippen molar-refractivity contribution in [1.29, 1.82) is 0 Å². The number of aliphatic hydroxyl groups excluding tert-OH is 1. The molecule has 0 radical (unpaired) electrons. The van der Waals surface area contributed by atoms with Gasteiger partial charge in [-0.15, -0.1) is 0 Å². The Labute approximate surface area is 129 Å². The largest absolute Gasteiger partial charge is 0.388 e. The highest BCUT2D eigenvalue weighted by Crippen LogP contribution is 2.02. The molecular weight excluding hydrogens is 272 g/mol. The number of ether oxygens (including phenoxy) is 4. The summed E-state index contributed by atoms with van der Waals surface area (Å²) >= 11 is 0. The lowest BCUT2D eigenvalue weighted by Gasteiger charge is -2.13. The number of rotatable bonds is 15. The van der Waals surface area contributed by atoms with E-state index in [1.807, 2.05) is 13.8 Å². The first-order chi connectivity index (χ1) is 10.0. The van der Waals surface area contributed by atoms with Gasteiger partial charge in [0.05, 0.1) is 45.7 Å². The highest BCUT2D eigenvalue weighted by molar-refractivity contribution is 4.52. The van der Waals surface area contributed by atoms with E-state index in [0.717, 1.165) is 18.9 Å². The summed E-state index contributed by atoms with van der Waals surface area (Å²) < 4.78 is 21.4. The molecule has 0 rings (SSSR count). The molecule has 0 fully saturated rings. The van der Waals surface area contributed by atoms with Gasteiger partial charge in [-0.2, -0.15) is 0 Å². The van der Waals surface area contributed by atoms with Crippen LogP contribution in [0.4, 0.5) is 0 Å². The highest BCUT2D eigenvalue weighted by atomic mass is 16.5. The van der Waals surface area contributed by atoms with Crippen LogP contribution in [0.2, 0.25) is 0 Å². The van der Waals surface area contributed by atoms with Crippen molar-refractivity contribution >= 4 is 0 Å². The summed E-state index contributed by atoms with van der Waals surface area (Å²) in [5.41, 5.74) is 0. The second-order valence-electron chi connectivity index (χ2n) is 5.87. The molecule has 0 aliphatic heterocycles. The Hall–Kier alpha value is -0.200. The maximum Gasteiger partial charge on any atom is 0.101 e. The average Bonchev–Trinajstić information content (AvgIpc) is 2.42. The van der Waals surface area contributed by atoms with Crippen molar-refractivity contribution < 1.29 is 24.1 Å². The predicted molar refractivity (Wildman–Crippen MR) is 83.6 cm³/mol. The molecule has 0 heterocycles. The van der Waals surface area contributed by atoms with Crippen molar-refractivity contribution in [2.24, 2.45) is 5.92 Å². The molecule has 0 amide bonds. The van der Waals surface area contributed by atoms with E-state index in [1.54, 1.807) is 0 Å². The van der Waals surface area contributed by atoms with E-state index < -0.39 is 6.10 Å². The second-order valence-corrected chi connectivity index (χ2v) is 5.87. The van der Waals surface area contributed by atoms with E-state index in [-0.39, 0.29) is 12.7 Å². The smallest absolute Gasteiger partial charge is 0.101 e. The first-order valence-electron chi connectivity index (χ1n) is 8.05. The average molecular weight is 306 g/mol. The van der Waals surface area contributed by atoms with Gasteiger partial charge in [-0.05, 0) is 32.6 Å². The fourth-order valence-corrected chi connectivity index (χ4v) is 1.60. The molecule has 5 heteroatoms. The molecule has 0 aliphatic rings. The Morgan fingerprint density at radius 3 is 1.90 bits per heavy atom. The minimum atomic E-state index is -0.573. The molecule has 0 aromatic heterocycles. The predicted octanol–water partition coefficient (Wildman–Crippen LogP) is 2.26. The first-order valence-corrected chi connectivity index (χ1v) is 8.05. The molecule has 0 saturated carbocycles. The third-order valence-electron chi connectivity index (χ3n) is 2.75. The molecule has 0 spiro atoms. The van der Waals surface area contributed by atoms with Crippen LogP contribution in [0.5, 0.6) is 0 Å². The van der Waals surface area contributed by atoms with Gasteiger partial charge in [-0.3, -0.25) is 0 Å². The lowest BCUT2D eigenvalue weighted by Crippen LogP contribution is -2.24. The van der Waals surface area contributed by atoms with Gasteiger partial charge in [-0.25, -0.2) is 0 Å². The number of hydrogen-bond acceptors (Lipinski definition) is 5. The van der Waals surface area contributed by atoms with E-state index in [2.05, 4.69) is 13.8 Å². The topological polar surface area (TPSA) is 57.2 Å². The molecule has 0 aliphatic carbocycles. The second kappa shape index (κ2) is 14.7. The fraction of sp³-hybridized carbons (Fsp3) is 1.00. The van der Waals surface area contributed by atoms with Gasteiger partial charge in [0.15, 0.2) is 0 Å². The number of hydrogen-bond donors (Lipinski definition) is 1. The van der Waals surface area contributed by atoms with Crippen LogP contribution in [0.15, 0.2) is 0 Å². The van der Waals surface area contributed by atoms with Crippen LogP contribution < -0.4 is 0 Å². The van der Waals surface area contributed by atoms with Gasteiger partial charge < -0.3 is 24.1 Å². The van der Waals surface area contributed by atoms with E-state index in [4.69, 9.17) is 18.9 Å². The monoisotopic (exact) mass is 306 g/mol. The first kappa shape index (κ1) is 20.8. The van der Waals surface area contributed by atoms with Gasteiger partial charge in [0.2, 0.25) is 0 Å². The summed E-state index contributed by atoms with van der Waals surface area (Å²) in [7, 11) is 0. The lowest BCUT2D eigenvalue weighted by atomic mass is 10.1. The Bertz CT molecular complexity index is 209. The molecule has 5 nitrogen and oxygen atoms in total. The van der Waals surface area contributed by atoms with Gasteiger partial charge in [0.25, 0.3) is 0 Å². The molecule has 0 bridgehead atoms. The molecule has 1 unspecified atom stereocenters. The molecule has 0 aromatic carbocycles. The maximum atomic E-state index is 9.55. The lowest BCUT2D eigenvalue weighted by molar-refractivity contribution is -0.0476. The minimum absolute atomic E-state index is 0.128. The minimum Gasteiger partial charge on any atom is -0.388 e. The summed E-state index contributed by atoms with van der Waals surface area (Å²) in [6.07, 6.45) is 1.87. The normalized spacial score (nSPS) is 13.3.